The number of hydrogen-bond donors (Lipinski definition) is 2. The Labute approximate surface area is 166 Å². The molecule has 6 heteroatoms. The molecule has 3 aromatic rings. The first-order valence-electron chi connectivity index (χ1n) is 8.47. The second-order valence-corrected chi connectivity index (χ2v) is 7.17. The van der Waals surface area contributed by atoms with E-state index in [-0.39, 0.29) is 18.9 Å². The third-order valence-electron chi connectivity index (χ3n) is 4.14. The summed E-state index contributed by atoms with van der Waals surface area (Å²) in [5.74, 6) is 0.481. The molecule has 0 saturated carbocycles. The number of aliphatic hydroxyl groups is 1. The molecule has 1 aromatic heterocycles. The number of amides is 1. The Kier molecular flexibility index (Phi) is 5.98. The van der Waals surface area contributed by atoms with E-state index in [1.54, 1.807) is 13.0 Å². The molecule has 1 heterocycles. The average molecular weight is 430 g/mol. The van der Waals surface area contributed by atoms with Crippen molar-refractivity contribution < 1.29 is 19.1 Å². The lowest BCUT2D eigenvalue weighted by Gasteiger charge is -2.25. The minimum atomic E-state index is -1.23. The Hall–Kier alpha value is -2.57. The van der Waals surface area contributed by atoms with Crippen molar-refractivity contribution in [1.82, 2.24) is 5.32 Å². The van der Waals surface area contributed by atoms with Gasteiger partial charge in [0.25, 0.3) is 5.91 Å². The van der Waals surface area contributed by atoms with Crippen LogP contribution in [-0.2, 0) is 12.2 Å². The lowest BCUT2D eigenvalue weighted by molar-refractivity contribution is 0.0512. The summed E-state index contributed by atoms with van der Waals surface area (Å²) in [6.45, 7) is 1.90. The van der Waals surface area contributed by atoms with Crippen molar-refractivity contribution in [3.8, 4) is 5.75 Å². The highest BCUT2D eigenvalue weighted by Gasteiger charge is 2.27. The summed E-state index contributed by atoms with van der Waals surface area (Å²) in [5, 5.41) is 13.5. The fourth-order valence-electron chi connectivity index (χ4n) is 2.65. The zero-order chi connectivity index (χ0) is 19.3. The highest BCUT2D eigenvalue weighted by Crippen LogP contribution is 2.27. The van der Waals surface area contributed by atoms with Crippen LogP contribution < -0.4 is 10.1 Å². The number of halogens is 1. The SMILES string of the molecule is CC(O)(CNC(=O)c1occc1COc1ccccc1)c1ccccc1Br. The van der Waals surface area contributed by atoms with E-state index >= 15 is 0 Å². The normalized spacial score (nSPS) is 13.0. The minimum Gasteiger partial charge on any atom is -0.489 e. The predicted molar refractivity (Wildman–Crippen MR) is 106 cm³/mol. The first-order chi connectivity index (χ1) is 13.0. The average Bonchev–Trinajstić information content (AvgIpc) is 3.14. The largest absolute Gasteiger partial charge is 0.489 e. The number of carbonyl (C=O) groups is 1. The molecule has 27 heavy (non-hydrogen) atoms. The van der Waals surface area contributed by atoms with Crippen LogP contribution in [0.2, 0.25) is 0 Å². The van der Waals surface area contributed by atoms with Gasteiger partial charge in [0.1, 0.15) is 18.0 Å². The van der Waals surface area contributed by atoms with Crippen molar-refractivity contribution in [1.29, 1.82) is 0 Å². The molecule has 0 saturated heterocycles. The Bertz CT molecular complexity index is 905. The van der Waals surface area contributed by atoms with Crippen LogP contribution in [0.3, 0.4) is 0 Å². The van der Waals surface area contributed by atoms with Crippen LogP contribution in [0.15, 0.2) is 75.8 Å². The van der Waals surface area contributed by atoms with E-state index in [0.29, 0.717) is 16.9 Å². The number of hydrogen-bond acceptors (Lipinski definition) is 4. The summed E-state index contributed by atoms with van der Waals surface area (Å²) in [5.41, 5.74) is 0.0949. The summed E-state index contributed by atoms with van der Waals surface area (Å²) in [6.07, 6.45) is 1.45. The molecule has 0 bridgehead atoms. The molecule has 2 aromatic carbocycles. The van der Waals surface area contributed by atoms with E-state index in [4.69, 9.17) is 9.15 Å². The van der Waals surface area contributed by atoms with Crippen molar-refractivity contribution in [3.63, 3.8) is 0 Å². The zero-order valence-corrected chi connectivity index (χ0v) is 16.4. The summed E-state index contributed by atoms with van der Waals surface area (Å²) in [4.78, 5) is 12.5. The lowest BCUT2D eigenvalue weighted by Crippen LogP contribution is -2.39. The molecule has 5 nitrogen and oxygen atoms in total. The summed E-state index contributed by atoms with van der Waals surface area (Å²) in [6, 6.07) is 18.4. The highest BCUT2D eigenvalue weighted by molar-refractivity contribution is 9.10. The van der Waals surface area contributed by atoms with Crippen LogP contribution in [0, 0.1) is 0 Å². The van der Waals surface area contributed by atoms with Gasteiger partial charge in [-0.3, -0.25) is 4.79 Å². The van der Waals surface area contributed by atoms with Gasteiger partial charge in [-0.15, -0.1) is 0 Å². The number of para-hydroxylation sites is 1. The summed E-state index contributed by atoms with van der Waals surface area (Å²) in [7, 11) is 0. The Morgan fingerprint density at radius 3 is 2.59 bits per heavy atom. The Morgan fingerprint density at radius 2 is 1.85 bits per heavy atom. The highest BCUT2D eigenvalue weighted by atomic mass is 79.9. The molecule has 0 radical (unpaired) electrons. The molecule has 1 unspecified atom stereocenters. The van der Waals surface area contributed by atoms with Crippen LogP contribution in [0.25, 0.3) is 0 Å². The van der Waals surface area contributed by atoms with Crippen molar-refractivity contribution >= 4 is 21.8 Å². The van der Waals surface area contributed by atoms with E-state index in [0.717, 1.165) is 4.47 Å². The number of ether oxygens (including phenoxy) is 1. The smallest absolute Gasteiger partial charge is 0.287 e. The van der Waals surface area contributed by atoms with Gasteiger partial charge < -0.3 is 19.6 Å². The van der Waals surface area contributed by atoms with Gasteiger partial charge in [-0.25, -0.2) is 0 Å². The van der Waals surface area contributed by atoms with Crippen LogP contribution in [0.1, 0.15) is 28.6 Å². The molecule has 3 rings (SSSR count). The molecule has 0 aliphatic rings. The van der Waals surface area contributed by atoms with Crippen molar-refractivity contribution in [2.45, 2.75) is 19.1 Å². The van der Waals surface area contributed by atoms with Gasteiger partial charge in [-0.2, -0.15) is 0 Å². The van der Waals surface area contributed by atoms with Crippen LogP contribution >= 0.6 is 15.9 Å². The van der Waals surface area contributed by atoms with E-state index in [9.17, 15) is 9.90 Å². The molecule has 0 aliphatic heterocycles. The molecule has 140 valence electrons. The van der Waals surface area contributed by atoms with Gasteiger partial charge in [0.05, 0.1) is 12.8 Å². The number of carbonyl (C=O) groups excluding carboxylic acids is 1. The molecular weight excluding hydrogens is 410 g/mol. The Morgan fingerprint density at radius 1 is 1.15 bits per heavy atom. The third-order valence-corrected chi connectivity index (χ3v) is 4.83. The van der Waals surface area contributed by atoms with Gasteiger partial charge in [0, 0.05) is 10.0 Å². The number of benzene rings is 2. The molecular formula is C21H20BrNO4. The topological polar surface area (TPSA) is 71.7 Å². The van der Waals surface area contributed by atoms with Gasteiger partial charge in [0.15, 0.2) is 5.76 Å². The van der Waals surface area contributed by atoms with Gasteiger partial charge in [-0.1, -0.05) is 52.3 Å². The van der Waals surface area contributed by atoms with E-state index in [2.05, 4.69) is 21.2 Å². The first-order valence-corrected chi connectivity index (χ1v) is 9.26. The molecule has 0 aliphatic carbocycles. The molecule has 0 spiro atoms. The lowest BCUT2D eigenvalue weighted by atomic mass is 9.96. The fraction of sp³-hybridized carbons (Fsp3) is 0.190. The maximum atomic E-state index is 12.5. The van der Waals surface area contributed by atoms with Gasteiger partial charge in [-0.05, 0) is 36.8 Å². The molecule has 1 amide bonds. The predicted octanol–water partition coefficient (Wildman–Crippen LogP) is 4.26. The van der Waals surface area contributed by atoms with E-state index in [1.165, 1.54) is 6.26 Å². The van der Waals surface area contributed by atoms with Crippen molar-refractivity contribution in [2.24, 2.45) is 0 Å². The number of nitrogens with one attached hydrogen (secondary N) is 1. The minimum absolute atomic E-state index is 0.0358. The second kappa shape index (κ2) is 8.41. The number of furan rings is 1. The monoisotopic (exact) mass is 429 g/mol. The zero-order valence-electron chi connectivity index (χ0n) is 14.8. The maximum absolute atomic E-state index is 12.5. The van der Waals surface area contributed by atoms with E-state index in [1.807, 2.05) is 54.6 Å². The number of rotatable bonds is 7. The van der Waals surface area contributed by atoms with Gasteiger partial charge >= 0.3 is 0 Å². The van der Waals surface area contributed by atoms with Crippen LogP contribution in [-0.4, -0.2) is 17.6 Å². The van der Waals surface area contributed by atoms with Crippen LogP contribution in [0.5, 0.6) is 5.75 Å². The first kappa shape index (κ1) is 19.2. The van der Waals surface area contributed by atoms with Gasteiger partial charge in [0.2, 0.25) is 0 Å². The summed E-state index contributed by atoms with van der Waals surface area (Å²) < 4.78 is 11.8. The quantitative estimate of drug-likeness (QED) is 0.588. The van der Waals surface area contributed by atoms with Crippen LogP contribution in [0.4, 0.5) is 0 Å². The third kappa shape index (κ3) is 4.78. The second-order valence-electron chi connectivity index (χ2n) is 6.31. The van der Waals surface area contributed by atoms with Crippen molar-refractivity contribution in [3.05, 3.63) is 88.3 Å². The maximum Gasteiger partial charge on any atom is 0.287 e. The van der Waals surface area contributed by atoms with Crippen molar-refractivity contribution in [2.75, 3.05) is 6.54 Å². The fourth-order valence-corrected chi connectivity index (χ4v) is 3.36. The van der Waals surface area contributed by atoms with E-state index < -0.39 is 11.5 Å². The molecule has 1 atom stereocenters. The molecule has 2 N–H and O–H groups in total. The standard InChI is InChI=1S/C21H20BrNO4/c1-21(25,17-9-5-6-10-18(17)22)14-23-20(24)19-15(11-12-26-19)13-27-16-7-3-2-4-8-16/h2-12,25H,13-14H2,1H3,(H,23,24). The summed E-state index contributed by atoms with van der Waals surface area (Å²) >= 11 is 3.42. The Balaban J connectivity index is 1.63. The molecule has 0 fully saturated rings.